The fraction of sp³-hybridized carbons (Fsp3) is 0.421. The van der Waals surface area contributed by atoms with Crippen molar-refractivity contribution in [1.29, 1.82) is 0 Å². The minimum Gasteiger partial charge on any atom is -0.455 e. The summed E-state index contributed by atoms with van der Waals surface area (Å²) in [5.41, 5.74) is 5.98. The third kappa shape index (κ3) is 6.99. The van der Waals surface area contributed by atoms with Gasteiger partial charge in [0, 0.05) is 25.5 Å². The molecule has 158 valence electrons. The number of primary amides is 1. The second-order valence-corrected chi connectivity index (χ2v) is 8.68. The van der Waals surface area contributed by atoms with Crippen LogP contribution in [0, 0.1) is 5.92 Å². The first-order valence-electron chi connectivity index (χ1n) is 9.11. The third-order valence-electron chi connectivity index (χ3n) is 4.55. The molecule has 1 heterocycles. The minimum atomic E-state index is -3.82. The predicted octanol–water partition coefficient (Wildman–Crippen LogP) is 0.186. The summed E-state index contributed by atoms with van der Waals surface area (Å²) in [5.74, 6) is -2.16. The summed E-state index contributed by atoms with van der Waals surface area (Å²) < 4.78 is 30.2. The molecule has 9 nitrogen and oxygen atoms in total. The van der Waals surface area contributed by atoms with E-state index < -0.39 is 46.9 Å². The van der Waals surface area contributed by atoms with Crippen molar-refractivity contribution >= 4 is 33.9 Å². The highest BCUT2D eigenvalue weighted by molar-refractivity contribution is 7.92. The fourth-order valence-electron chi connectivity index (χ4n) is 2.82. The SMILES string of the molecule is CN(CC(=O)OCC(=O)N1CCC[C@H](C(N)=O)C1)S(=O)(=O)/C=C/c1ccccc1. The smallest absolute Gasteiger partial charge is 0.321 e. The lowest BCUT2D eigenvalue weighted by molar-refractivity contribution is -0.153. The molecule has 0 spiro atoms. The summed E-state index contributed by atoms with van der Waals surface area (Å²) >= 11 is 0. The summed E-state index contributed by atoms with van der Waals surface area (Å²) in [7, 11) is -2.58. The largest absolute Gasteiger partial charge is 0.455 e. The molecule has 1 aliphatic rings. The van der Waals surface area contributed by atoms with Crippen molar-refractivity contribution in [1.82, 2.24) is 9.21 Å². The van der Waals surface area contributed by atoms with Crippen molar-refractivity contribution in [2.45, 2.75) is 12.8 Å². The van der Waals surface area contributed by atoms with Crippen LogP contribution in [0.15, 0.2) is 35.7 Å². The van der Waals surface area contributed by atoms with Gasteiger partial charge in [0.1, 0.15) is 6.54 Å². The molecular weight excluding hydrogens is 398 g/mol. The summed E-state index contributed by atoms with van der Waals surface area (Å²) in [6, 6.07) is 8.86. The van der Waals surface area contributed by atoms with E-state index >= 15 is 0 Å². The first-order chi connectivity index (χ1) is 13.7. The molecule has 2 amide bonds. The minimum absolute atomic E-state index is 0.199. The van der Waals surface area contributed by atoms with Crippen molar-refractivity contribution in [3.8, 4) is 0 Å². The lowest BCUT2D eigenvalue weighted by Crippen LogP contribution is -2.45. The molecule has 10 heteroatoms. The third-order valence-corrected chi connectivity index (χ3v) is 6.03. The number of esters is 1. The van der Waals surface area contributed by atoms with Gasteiger partial charge in [-0.25, -0.2) is 8.42 Å². The maximum Gasteiger partial charge on any atom is 0.321 e. The Bertz CT molecular complexity index is 869. The lowest BCUT2D eigenvalue weighted by Gasteiger charge is -2.31. The van der Waals surface area contributed by atoms with Crippen LogP contribution in [-0.4, -0.2) is 68.7 Å². The molecule has 1 aromatic rings. The lowest BCUT2D eigenvalue weighted by atomic mass is 9.97. The highest BCUT2D eigenvalue weighted by atomic mass is 32.2. The average molecular weight is 423 g/mol. The molecule has 0 bridgehead atoms. The molecule has 0 aromatic heterocycles. The number of carbonyl (C=O) groups is 3. The van der Waals surface area contributed by atoms with Crippen molar-refractivity contribution in [3.05, 3.63) is 41.3 Å². The van der Waals surface area contributed by atoms with Crippen molar-refractivity contribution < 1.29 is 27.5 Å². The monoisotopic (exact) mass is 423 g/mol. The maximum atomic E-state index is 12.2. The second kappa shape index (κ2) is 10.2. The number of likely N-dealkylation sites (tertiary alicyclic amines) is 1. The van der Waals surface area contributed by atoms with Crippen molar-refractivity contribution in [3.63, 3.8) is 0 Å². The van der Waals surface area contributed by atoms with Gasteiger partial charge in [-0.15, -0.1) is 0 Å². The summed E-state index contributed by atoms with van der Waals surface area (Å²) in [5, 5.41) is 0.998. The van der Waals surface area contributed by atoms with Gasteiger partial charge in [0.15, 0.2) is 6.61 Å². The van der Waals surface area contributed by atoms with Crippen LogP contribution in [0.1, 0.15) is 18.4 Å². The number of amides is 2. The zero-order chi connectivity index (χ0) is 21.4. The van der Waals surface area contributed by atoms with E-state index in [9.17, 15) is 22.8 Å². The summed E-state index contributed by atoms with van der Waals surface area (Å²) in [4.78, 5) is 36.8. The van der Waals surface area contributed by atoms with E-state index in [1.807, 2.05) is 6.07 Å². The second-order valence-electron chi connectivity index (χ2n) is 6.76. The molecule has 1 aliphatic heterocycles. The number of piperidine rings is 1. The topological polar surface area (TPSA) is 127 Å². The Labute approximate surface area is 170 Å². The van der Waals surface area contributed by atoms with Gasteiger partial charge in [-0.3, -0.25) is 14.4 Å². The number of likely N-dealkylation sites (N-methyl/N-ethyl adjacent to an activating group) is 1. The van der Waals surface area contributed by atoms with E-state index in [0.29, 0.717) is 24.9 Å². The fourth-order valence-corrected chi connectivity index (χ4v) is 3.64. The number of nitrogens with zero attached hydrogens (tertiary/aromatic N) is 2. The molecule has 0 saturated carbocycles. The predicted molar refractivity (Wildman–Crippen MR) is 106 cm³/mol. The Morgan fingerprint density at radius 1 is 1.28 bits per heavy atom. The van der Waals surface area contributed by atoms with E-state index in [1.165, 1.54) is 18.0 Å². The maximum absolute atomic E-state index is 12.2. The van der Waals surface area contributed by atoms with Crippen LogP contribution in [0.5, 0.6) is 0 Å². The number of nitrogens with two attached hydrogens (primary N) is 1. The highest BCUT2D eigenvalue weighted by Crippen LogP contribution is 2.16. The van der Waals surface area contributed by atoms with Crippen LogP contribution in [-0.2, 0) is 29.1 Å². The molecule has 1 atom stereocenters. The quantitative estimate of drug-likeness (QED) is 0.595. The van der Waals surface area contributed by atoms with Crippen LogP contribution in [0.3, 0.4) is 0 Å². The van der Waals surface area contributed by atoms with Gasteiger partial charge >= 0.3 is 5.97 Å². The Balaban J connectivity index is 1.82. The van der Waals surface area contributed by atoms with Crippen LogP contribution in [0.4, 0.5) is 0 Å². The number of ether oxygens (including phenoxy) is 1. The van der Waals surface area contributed by atoms with Gasteiger partial charge in [0.25, 0.3) is 5.91 Å². The Hall–Kier alpha value is -2.72. The molecule has 2 rings (SSSR count). The molecule has 1 saturated heterocycles. The Morgan fingerprint density at radius 3 is 2.62 bits per heavy atom. The highest BCUT2D eigenvalue weighted by Gasteiger charge is 2.27. The zero-order valence-electron chi connectivity index (χ0n) is 16.2. The standard InChI is InChI=1S/C19H25N3O6S/c1-21(29(26,27)11-9-15-6-3-2-4-7-15)13-18(24)28-14-17(23)22-10-5-8-16(12-22)19(20)25/h2-4,6-7,9,11,16H,5,8,10,12-14H2,1H3,(H2,20,25)/b11-9+/t16-/m0/s1. The first kappa shape index (κ1) is 22.6. The Morgan fingerprint density at radius 2 is 1.97 bits per heavy atom. The number of sulfonamides is 1. The van der Waals surface area contributed by atoms with Crippen LogP contribution < -0.4 is 5.73 Å². The molecule has 0 aliphatic carbocycles. The Kier molecular flexibility index (Phi) is 7.91. The molecular formula is C19H25N3O6S. The number of hydrogen-bond acceptors (Lipinski definition) is 6. The van der Waals surface area contributed by atoms with Crippen molar-refractivity contribution in [2.24, 2.45) is 11.7 Å². The normalized spacial score (nSPS) is 17.4. The summed E-state index contributed by atoms with van der Waals surface area (Å²) in [6.45, 7) is -0.389. The van der Waals surface area contributed by atoms with Crippen molar-refractivity contribution in [2.75, 3.05) is 33.3 Å². The van der Waals surface area contributed by atoms with Gasteiger partial charge in [-0.05, 0) is 24.5 Å². The van der Waals surface area contributed by atoms with Crippen LogP contribution in [0.2, 0.25) is 0 Å². The van der Waals surface area contributed by atoms with Crippen LogP contribution in [0.25, 0.3) is 6.08 Å². The summed E-state index contributed by atoms with van der Waals surface area (Å²) in [6.07, 6.45) is 2.69. The molecule has 29 heavy (non-hydrogen) atoms. The number of rotatable bonds is 8. The van der Waals surface area contributed by atoms with E-state index in [-0.39, 0.29) is 6.54 Å². The molecule has 1 fully saturated rings. The van der Waals surface area contributed by atoms with E-state index in [0.717, 1.165) is 9.71 Å². The molecule has 2 N–H and O–H groups in total. The van der Waals surface area contributed by atoms with Crippen LogP contribution >= 0.6 is 0 Å². The van der Waals surface area contributed by atoms with E-state index in [1.54, 1.807) is 24.3 Å². The van der Waals surface area contributed by atoms with Gasteiger partial charge in [-0.1, -0.05) is 30.3 Å². The number of carbonyl (C=O) groups excluding carboxylic acids is 3. The van der Waals surface area contributed by atoms with Gasteiger partial charge in [0.2, 0.25) is 15.9 Å². The molecule has 0 radical (unpaired) electrons. The first-order valence-corrected chi connectivity index (χ1v) is 10.6. The number of hydrogen-bond donors (Lipinski definition) is 1. The molecule has 1 aromatic carbocycles. The average Bonchev–Trinajstić information content (AvgIpc) is 2.71. The van der Waals surface area contributed by atoms with E-state index in [4.69, 9.17) is 10.5 Å². The van der Waals surface area contributed by atoms with Gasteiger partial charge < -0.3 is 15.4 Å². The number of benzene rings is 1. The van der Waals surface area contributed by atoms with Gasteiger partial charge in [0.05, 0.1) is 5.92 Å². The zero-order valence-corrected chi connectivity index (χ0v) is 17.0. The van der Waals surface area contributed by atoms with Gasteiger partial charge in [-0.2, -0.15) is 4.31 Å². The van der Waals surface area contributed by atoms with E-state index in [2.05, 4.69) is 0 Å². The molecule has 0 unspecified atom stereocenters.